The minimum atomic E-state index is -0.411. The van der Waals surface area contributed by atoms with Gasteiger partial charge in [0.15, 0.2) is 0 Å². The van der Waals surface area contributed by atoms with Crippen LogP contribution < -0.4 is 10.9 Å². The number of anilines is 1. The van der Waals surface area contributed by atoms with Crippen LogP contribution in [0.3, 0.4) is 0 Å². The van der Waals surface area contributed by atoms with Gasteiger partial charge in [-0.1, -0.05) is 12.1 Å². The number of rotatable bonds is 2. The van der Waals surface area contributed by atoms with E-state index in [0.29, 0.717) is 11.4 Å². The van der Waals surface area contributed by atoms with Crippen molar-refractivity contribution in [3.05, 3.63) is 52.3 Å². The Kier molecular flexibility index (Phi) is 3.44. The Labute approximate surface area is 109 Å². The number of nitrogens with one attached hydrogen (secondary N) is 2. The molecule has 2 N–H and O–H groups in total. The zero-order chi connectivity index (χ0) is 13.8. The predicted molar refractivity (Wildman–Crippen MR) is 71.5 cm³/mol. The molecule has 1 heterocycles. The summed E-state index contributed by atoms with van der Waals surface area (Å²) in [4.78, 5) is 25.1. The fraction of sp³-hybridized carbons (Fsp3) is 0.0714. The van der Waals surface area contributed by atoms with E-state index in [1.54, 1.807) is 30.3 Å². The van der Waals surface area contributed by atoms with Crippen molar-refractivity contribution in [2.75, 3.05) is 5.32 Å². The van der Waals surface area contributed by atoms with Crippen LogP contribution in [0.2, 0.25) is 0 Å². The third-order valence-electron chi connectivity index (χ3n) is 2.55. The summed E-state index contributed by atoms with van der Waals surface area (Å²) < 4.78 is 0. The van der Waals surface area contributed by atoms with Gasteiger partial charge in [-0.25, -0.2) is 0 Å². The van der Waals surface area contributed by atoms with Gasteiger partial charge in [-0.3, -0.25) is 9.59 Å². The fourth-order valence-electron chi connectivity index (χ4n) is 1.67. The summed E-state index contributed by atoms with van der Waals surface area (Å²) in [5.74, 6) is -0.139. The van der Waals surface area contributed by atoms with Crippen molar-refractivity contribution >= 4 is 11.6 Å². The normalized spacial score (nSPS) is 9.68. The second kappa shape index (κ2) is 5.19. The molecule has 2 rings (SSSR count). The number of hydrogen-bond acceptors (Lipinski definition) is 3. The zero-order valence-corrected chi connectivity index (χ0v) is 10.2. The second-order valence-corrected chi connectivity index (χ2v) is 3.99. The van der Waals surface area contributed by atoms with E-state index in [4.69, 9.17) is 5.26 Å². The number of benzene rings is 1. The first-order valence-electron chi connectivity index (χ1n) is 5.61. The Morgan fingerprint density at radius 1 is 1.21 bits per heavy atom. The second-order valence-electron chi connectivity index (χ2n) is 3.99. The Morgan fingerprint density at radius 2 is 1.89 bits per heavy atom. The van der Waals surface area contributed by atoms with Crippen LogP contribution in [0.5, 0.6) is 0 Å². The van der Waals surface area contributed by atoms with Gasteiger partial charge in [0.2, 0.25) is 5.91 Å². The molecule has 0 aliphatic rings. The van der Waals surface area contributed by atoms with E-state index in [0.717, 1.165) is 5.56 Å². The van der Waals surface area contributed by atoms with Crippen molar-refractivity contribution < 1.29 is 4.79 Å². The Morgan fingerprint density at radius 3 is 2.42 bits per heavy atom. The monoisotopic (exact) mass is 253 g/mol. The third-order valence-corrected chi connectivity index (χ3v) is 2.55. The molecule has 0 spiro atoms. The Balaban J connectivity index is 2.33. The highest BCUT2D eigenvalue weighted by Crippen LogP contribution is 2.18. The zero-order valence-electron chi connectivity index (χ0n) is 10.2. The van der Waals surface area contributed by atoms with Crippen molar-refractivity contribution in [3.63, 3.8) is 0 Å². The first-order chi connectivity index (χ1) is 9.10. The van der Waals surface area contributed by atoms with Crippen LogP contribution in [0.4, 0.5) is 5.69 Å². The van der Waals surface area contributed by atoms with Gasteiger partial charge in [-0.05, 0) is 29.8 Å². The number of carbonyl (C=O) groups excluding carboxylic acids is 1. The van der Waals surface area contributed by atoms with Crippen LogP contribution in [0.15, 0.2) is 41.2 Å². The van der Waals surface area contributed by atoms with Crippen molar-refractivity contribution in [1.29, 1.82) is 5.26 Å². The fourth-order valence-corrected chi connectivity index (χ4v) is 1.67. The molecule has 0 radical (unpaired) electrons. The van der Waals surface area contributed by atoms with Gasteiger partial charge in [0, 0.05) is 18.3 Å². The molecule has 1 aromatic heterocycles. The smallest absolute Gasteiger partial charge is 0.266 e. The van der Waals surface area contributed by atoms with E-state index in [1.807, 2.05) is 6.07 Å². The van der Waals surface area contributed by atoms with E-state index >= 15 is 0 Å². The van der Waals surface area contributed by atoms with E-state index in [2.05, 4.69) is 10.3 Å². The molecule has 0 aliphatic heterocycles. The number of aromatic nitrogens is 1. The Bertz CT molecular complexity index is 709. The molecular weight excluding hydrogens is 242 g/mol. The van der Waals surface area contributed by atoms with Crippen LogP contribution in [0.1, 0.15) is 12.5 Å². The molecule has 2 aromatic rings. The standard InChI is InChI=1S/C14H11N3O2/c1-9(18)16-12-5-2-10(3-6-12)13-7-4-11(8-15)14(19)17-13/h2-7H,1H3,(H,16,18)(H,17,19). The molecule has 5 heteroatoms. The predicted octanol–water partition coefficient (Wildman–Crippen LogP) is 1.87. The topological polar surface area (TPSA) is 85.8 Å². The number of hydrogen-bond donors (Lipinski definition) is 2. The number of H-pyrrole nitrogens is 1. The van der Waals surface area contributed by atoms with Crippen molar-refractivity contribution in [2.45, 2.75) is 6.92 Å². The summed E-state index contributed by atoms with van der Waals surface area (Å²) >= 11 is 0. The molecule has 0 atom stereocenters. The molecule has 19 heavy (non-hydrogen) atoms. The van der Waals surface area contributed by atoms with Crippen molar-refractivity contribution in [3.8, 4) is 17.3 Å². The van der Waals surface area contributed by atoms with Crippen molar-refractivity contribution in [2.24, 2.45) is 0 Å². The molecule has 0 saturated heterocycles. The van der Waals surface area contributed by atoms with Gasteiger partial charge >= 0.3 is 0 Å². The minimum absolute atomic E-state index is 0.0821. The highest BCUT2D eigenvalue weighted by atomic mass is 16.1. The lowest BCUT2D eigenvalue weighted by atomic mass is 10.1. The average Bonchev–Trinajstić information content (AvgIpc) is 2.39. The van der Waals surface area contributed by atoms with Crippen molar-refractivity contribution in [1.82, 2.24) is 4.98 Å². The summed E-state index contributed by atoms with van der Waals surface area (Å²) in [6.07, 6.45) is 0. The lowest BCUT2D eigenvalue weighted by molar-refractivity contribution is -0.114. The van der Waals surface area contributed by atoms with Gasteiger partial charge in [0.05, 0.1) is 0 Å². The summed E-state index contributed by atoms with van der Waals surface area (Å²) in [5.41, 5.74) is 1.78. The van der Waals surface area contributed by atoms with E-state index in [1.165, 1.54) is 13.0 Å². The SMILES string of the molecule is CC(=O)Nc1ccc(-c2ccc(C#N)c(=O)[nH]2)cc1. The van der Waals surface area contributed by atoms with Crippen LogP contribution in [-0.2, 0) is 4.79 Å². The van der Waals surface area contributed by atoms with Gasteiger partial charge in [0.1, 0.15) is 11.6 Å². The maximum atomic E-state index is 11.5. The summed E-state index contributed by atoms with van der Waals surface area (Å²) in [7, 11) is 0. The molecular formula is C14H11N3O2. The molecule has 5 nitrogen and oxygen atoms in total. The maximum Gasteiger partial charge on any atom is 0.266 e. The third kappa shape index (κ3) is 2.87. The summed E-state index contributed by atoms with van der Waals surface area (Å²) in [6, 6.07) is 12.0. The van der Waals surface area contributed by atoms with E-state index in [9.17, 15) is 9.59 Å². The van der Waals surface area contributed by atoms with Crippen LogP contribution in [0, 0.1) is 11.3 Å². The van der Waals surface area contributed by atoms with Gasteiger partial charge in [0.25, 0.3) is 5.56 Å². The number of amides is 1. The molecule has 0 bridgehead atoms. The molecule has 94 valence electrons. The molecule has 0 aliphatic carbocycles. The van der Waals surface area contributed by atoms with E-state index < -0.39 is 5.56 Å². The van der Waals surface area contributed by atoms with Gasteiger partial charge < -0.3 is 10.3 Å². The summed E-state index contributed by atoms with van der Waals surface area (Å²) in [5, 5.41) is 11.3. The quantitative estimate of drug-likeness (QED) is 0.856. The van der Waals surface area contributed by atoms with Crippen LogP contribution in [0.25, 0.3) is 11.3 Å². The largest absolute Gasteiger partial charge is 0.326 e. The lowest BCUT2D eigenvalue weighted by Gasteiger charge is -2.04. The molecule has 1 aromatic carbocycles. The maximum absolute atomic E-state index is 11.5. The minimum Gasteiger partial charge on any atom is -0.326 e. The number of aromatic amines is 1. The number of carbonyl (C=O) groups is 1. The highest BCUT2D eigenvalue weighted by molar-refractivity contribution is 5.88. The van der Waals surface area contributed by atoms with Crippen LogP contribution >= 0.6 is 0 Å². The molecule has 0 saturated carbocycles. The molecule has 0 fully saturated rings. The first kappa shape index (κ1) is 12.6. The van der Waals surface area contributed by atoms with Crippen LogP contribution in [-0.4, -0.2) is 10.9 Å². The van der Waals surface area contributed by atoms with E-state index in [-0.39, 0.29) is 11.5 Å². The van der Waals surface area contributed by atoms with Gasteiger partial charge in [-0.2, -0.15) is 5.26 Å². The molecule has 0 unspecified atom stereocenters. The average molecular weight is 253 g/mol. The highest BCUT2D eigenvalue weighted by Gasteiger charge is 2.03. The summed E-state index contributed by atoms with van der Waals surface area (Å²) in [6.45, 7) is 1.44. The molecule has 1 amide bonds. The van der Waals surface area contributed by atoms with Gasteiger partial charge in [-0.15, -0.1) is 0 Å². The number of pyridine rings is 1. The number of nitriles is 1. The Hall–Kier alpha value is -2.87. The first-order valence-corrected chi connectivity index (χ1v) is 5.61. The lowest BCUT2D eigenvalue weighted by Crippen LogP contribution is -2.10. The number of nitrogens with zero attached hydrogens (tertiary/aromatic N) is 1.